The first-order chi connectivity index (χ1) is 7.79. The van der Waals surface area contributed by atoms with Crippen LogP contribution in [-0.2, 0) is 0 Å². The predicted octanol–water partition coefficient (Wildman–Crippen LogP) is 3.14. The lowest BCUT2D eigenvalue weighted by Gasteiger charge is -2.09. The number of rotatable bonds is 3. The predicted molar refractivity (Wildman–Crippen MR) is 65.3 cm³/mol. The second-order valence-corrected chi connectivity index (χ2v) is 3.55. The Kier molecular flexibility index (Phi) is 3.05. The van der Waals surface area contributed by atoms with Crippen LogP contribution in [-0.4, -0.2) is 12.1 Å². The molecule has 0 saturated carbocycles. The number of nitrogens with zero attached hydrogens (tertiary/aromatic N) is 1. The highest BCUT2D eigenvalue weighted by Gasteiger charge is 2.01. The molecule has 82 valence electrons. The Morgan fingerprint density at radius 3 is 2.62 bits per heavy atom. The van der Waals surface area contributed by atoms with Crippen LogP contribution in [0.3, 0.4) is 0 Å². The van der Waals surface area contributed by atoms with Gasteiger partial charge in [0.1, 0.15) is 11.6 Å². The highest BCUT2D eigenvalue weighted by molar-refractivity contribution is 5.63. The van der Waals surface area contributed by atoms with Crippen LogP contribution in [0.4, 0.5) is 11.5 Å². The first-order valence-corrected chi connectivity index (χ1v) is 5.12. The average molecular weight is 214 g/mol. The molecule has 1 heterocycles. The van der Waals surface area contributed by atoms with Gasteiger partial charge < -0.3 is 10.1 Å². The van der Waals surface area contributed by atoms with Gasteiger partial charge >= 0.3 is 0 Å². The van der Waals surface area contributed by atoms with E-state index in [0.717, 1.165) is 22.8 Å². The van der Waals surface area contributed by atoms with E-state index >= 15 is 0 Å². The zero-order valence-electron chi connectivity index (χ0n) is 9.40. The number of aromatic nitrogens is 1. The van der Waals surface area contributed by atoms with Crippen LogP contribution in [0.1, 0.15) is 5.56 Å². The largest absolute Gasteiger partial charge is 0.495 e. The Hall–Kier alpha value is -2.03. The third kappa shape index (κ3) is 2.31. The maximum atomic E-state index is 5.25. The molecule has 0 saturated heterocycles. The van der Waals surface area contributed by atoms with Gasteiger partial charge in [0.25, 0.3) is 0 Å². The van der Waals surface area contributed by atoms with E-state index in [4.69, 9.17) is 4.74 Å². The van der Waals surface area contributed by atoms with Crippen molar-refractivity contribution in [3.8, 4) is 5.75 Å². The van der Waals surface area contributed by atoms with Crippen molar-refractivity contribution < 1.29 is 4.74 Å². The molecule has 0 amide bonds. The molecule has 0 spiro atoms. The van der Waals surface area contributed by atoms with Crippen LogP contribution in [0.15, 0.2) is 42.6 Å². The summed E-state index contributed by atoms with van der Waals surface area (Å²) in [5, 5.41) is 3.21. The molecule has 0 fully saturated rings. The molecule has 2 rings (SSSR count). The second kappa shape index (κ2) is 4.66. The van der Waals surface area contributed by atoms with E-state index in [1.165, 1.54) is 0 Å². The standard InChI is InChI=1S/C13H14N2O/c1-10-7-8-13(14-9-10)15-11-5-3-4-6-12(11)16-2/h3-9H,1-2H3,(H,14,15). The van der Waals surface area contributed by atoms with Gasteiger partial charge in [0.2, 0.25) is 0 Å². The van der Waals surface area contributed by atoms with Crippen LogP contribution in [0, 0.1) is 6.92 Å². The summed E-state index contributed by atoms with van der Waals surface area (Å²) in [6.07, 6.45) is 1.83. The SMILES string of the molecule is COc1ccccc1Nc1ccc(C)cn1. The van der Waals surface area contributed by atoms with E-state index < -0.39 is 0 Å². The lowest BCUT2D eigenvalue weighted by Crippen LogP contribution is -1.96. The minimum atomic E-state index is 0.810. The first kappa shape index (κ1) is 10.5. The molecule has 0 aliphatic heterocycles. The van der Waals surface area contributed by atoms with Gasteiger partial charge in [-0.1, -0.05) is 18.2 Å². The highest BCUT2D eigenvalue weighted by atomic mass is 16.5. The zero-order valence-corrected chi connectivity index (χ0v) is 9.40. The van der Waals surface area contributed by atoms with Crippen molar-refractivity contribution in [3.05, 3.63) is 48.2 Å². The summed E-state index contributed by atoms with van der Waals surface area (Å²) in [5.41, 5.74) is 2.06. The number of methoxy groups -OCH3 is 1. The van der Waals surface area contributed by atoms with E-state index in [2.05, 4.69) is 10.3 Å². The van der Waals surface area contributed by atoms with Gasteiger partial charge in [0, 0.05) is 6.20 Å². The molecule has 0 radical (unpaired) electrons. The summed E-state index contributed by atoms with van der Waals surface area (Å²) in [5.74, 6) is 1.62. The summed E-state index contributed by atoms with van der Waals surface area (Å²) in [6.45, 7) is 2.01. The molecule has 16 heavy (non-hydrogen) atoms. The van der Waals surface area contributed by atoms with Gasteiger partial charge in [-0.05, 0) is 30.7 Å². The minimum Gasteiger partial charge on any atom is -0.495 e. The van der Waals surface area contributed by atoms with Crippen molar-refractivity contribution in [2.45, 2.75) is 6.92 Å². The summed E-state index contributed by atoms with van der Waals surface area (Å²) >= 11 is 0. The normalized spacial score (nSPS) is 9.88. The Labute approximate surface area is 95.1 Å². The summed E-state index contributed by atoms with van der Waals surface area (Å²) < 4.78 is 5.25. The minimum absolute atomic E-state index is 0.810. The number of nitrogens with one attached hydrogen (secondary N) is 1. The smallest absolute Gasteiger partial charge is 0.142 e. The number of ether oxygens (including phenoxy) is 1. The molecule has 1 N–H and O–H groups in total. The topological polar surface area (TPSA) is 34.1 Å². The molecule has 0 bridgehead atoms. The van der Waals surface area contributed by atoms with Crippen molar-refractivity contribution in [2.75, 3.05) is 12.4 Å². The Morgan fingerprint density at radius 2 is 1.94 bits per heavy atom. The molecule has 0 aliphatic rings. The van der Waals surface area contributed by atoms with Gasteiger partial charge in [-0.3, -0.25) is 0 Å². The fourth-order valence-electron chi connectivity index (χ4n) is 1.43. The Balaban J connectivity index is 2.23. The molecule has 1 aromatic heterocycles. The number of anilines is 2. The van der Waals surface area contributed by atoms with Crippen LogP contribution >= 0.6 is 0 Å². The van der Waals surface area contributed by atoms with Crippen molar-refractivity contribution in [2.24, 2.45) is 0 Å². The zero-order chi connectivity index (χ0) is 11.4. The van der Waals surface area contributed by atoms with Crippen molar-refractivity contribution in [1.29, 1.82) is 0 Å². The maximum absolute atomic E-state index is 5.25. The van der Waals surface area contributed by atoms with Gasteiger partial charge in [-0.2, -0.15) is 0 Å². The maximum Gasteiger partial charge on any atom is 0.142 e. The number of pyridine rings is 1. The lowest BCUT2D eigenvalue weighted by atomic mass is 10.3. The fraction of sp³-hybridized carbons (Fsp3) is 0.154. The molecular weight excluding hydrogens is 200 g/mol. The van der Waals surface area contributed by atoms with Crippen molar-refractivity contribution in [3.63, 3.8) is 0 Å². The first-order valence-electron chi connectivity index (χ1n) is 5.12. The molecule has 3 nitrogen and oxygen atoms in total. The fourth-order valence-corrected chi connectivity index (χ4v) is 1.43. The number of aryl methyl sites for hydroxylation is 1. The third-order valence-electron chi connectivity index (χ3n) is 2.28. The van der Waals surface area contributed by atoms with Crippen LogP contribution < -0.4 is 10.1 Å². The molecule has 3 heteroatoms. The molecule has 2 aromatic rings. The van der Waals surface area contributed by atoms with Gasteiger partial charge in [-0.15, -0.1) is 0 Å². The quantitative estimate of drug-likeness (QED) is 0.852. The van der Waals surface area contributed by atoms with Gasteiger partial charge in [0.15, 0.2) is 0 Å². The van der Waals surface area contributed by atoms with E-state index in [0.29, 0.717) is 0 Å². The number of para-hydroxylation sites is 2. The van der Waals surface area contributed by atoms with Crippen molar-refractivity contribution in [1.82, 2.24) is 4.98 Å². The Morgan fingerprint density at radius 1 is 1.12 bits per heavy atom. The van der Waals surface area contributed by atoms with Crippen LogP contribution in [0.2, 0.25) is 0 Å². The van der Waals surface area contributed by atoms with Gasteiger partial charge in [-0.25, -0.2) is 4.98 Å². The van der Waals surface area contributed by atoms with Gasteiger partial charge in [0.05, 0.1) is 12.8 Å². The molecule has 0 atom stereocenters. The Bertz CT molecular complexity index is 466. The third-order valence-corrected chi connectivity index (χ3v) is 2.28. The molecule has 0 aliphatic carbocycles. The number of hydrogen-bond donors (Lipinski definition) is 1. The molecular formula is C13H14N2O. The van der Waals surface area contributed by atoms with E-state index in [9.17, 15) is 0 Å². The molecule has 1 aromatic carbocycles. The number of hydrogen-bond acceptors (Lipinski definition) is 3. The number of benzene rings is 1. The van der Waals surface area contributed by atoms with E-state index in [-0.39, 0.29) is 0 Å². The summed E-state index contributed by atoms with van der Waals surface area (Å²) in [7, 11) is 1.66. The monoisotopic (exact) mass is 214 g/mol. The van der Waals surface area contributed by atoms with E-state index in [1.54, 1.807) is 7.11 Å². The van der Waals surface area contributed by atoms with Crippen LogP contribution in [0.25, 0.3) is 0 Å². The lowest BCUT2D eigenvalue weighted by molar-refractivity contribution is 0.417. The highest BCUT2D eigenvalue weighted by Crippen LogP contribution is 2.25. The molecule has 0 unspecified atom stereocenters. The van der Waals surface area contributed by atoms with E-state index in [1.807, 2.05) is 49.5 Å². The van der Waals surface area contributed by atoms with Crippen molar-refractivity contribution >= 4 is 11.5 Å². The second-order valence-electron chi connectivity index (χ2n) is 3.55. The average Bonchev–Trinajstić information content (AvgIpc) is 2.33. The summed E-state index contributed by atoms with van der Waals surface area (Å²) in [6, 6.07) is 11.7. The summed E-state index contributed by atoms with van der Waals surface area (Å²) in [4.78, 5) is 4.28. The van der Waals surface area contributed by atoms with Crippen LogP contribution in [0.5, 0.6) is 5.75 Å².